The minimum Gasteiger partial charge on any atom is -0.366 e. The van der Waals surface area contributed by atoms with E-state index >= 15 is 0 Å². The van der Waals surface area contributed by atoms with Gasteiger partial charge in [0.2, 0.25) is 5.95 Å². The molecule has 1 aromatic heterocycles. The number of hydrogen-bond donors (Lipinski definition) is 1. The molecule has 0 bridgehead atoms. The van der Waals surface area contributed by atoms with Crippen molar-refractivity contribution >= 4 is 22.5 Å². The van der Waals surface area contributed by atoms with Gasteiger partial charge in [0.15, 0.2) is 0 Å². The molecule has 0 saturated carbocycles. The van der Waals surface area contributed by atoms with Crippen molar-refractivity contribution in [2.75, 3.05) is 23.3 Å². The fraction of sp³-hybridized carbons (Fsp3) is 0.263. The predicted octanol–water partition coefficient (Wildman–Crippen LogP) is 3.84. The number of nitrogens with one attached hydrogen (secondary N) is 1. The maximum atomic E-state index is 4.65. The fourth-order valence-corrected chi connectivity index (χ4v) is 3.15. The molecule has 3 aromatic rings. The maximum Gasteiger partial charge on any atom is 0.227 e. The topological polar surface area (TPSA) is 41.1 Å². The number of benzene rings is 2. The lowest BCUT2D eigenvalue weighted by atomic mass is 10.0. The van der Waals surface area contributed by atoms with Gasteiger partial charge in [-0.25, -0.2) is 4.98 Å². The Morgan fingerprint density at radius 1 is 0.957 bits per heavy atom. The summed E-state index contributed by atoms with van der Waals surface area (Å²) in [5.41, 5.74) is 1.28. The Morgan fingerprint density at radius 2 is 1.78 bits per heavy atom. The lowest BCUT2D eigenvalue weighted by Crippen LogP contribution is -2.20. The second-order valence-corrected chi connectivity index (χ2v) is 5.93. The average molecular weight is 304 g/mol. The molecule has 0 spiro atoms. The second-order valence-electron chi connectivity index (χ2n) is 5.93. The molecule has 0 aliphatic carbocycles. The molecule has 4 heteroatoms. The summed E-state index contributed by atoms with van der Waals surface area (Å²) in [6.07, 6.45) is 4.31. The Hall–Kier alpha value is -2.62. The standard InChI is InChI=1S/C19H20N4/c1-2-9-17-15(6-1)7-5-8-16(17)14-21-18-10-11-20-19(22-18)23-12-3-4-13-23/h1-2,5-11H,3-4,12-14H2,(H,20,21,22). The maximum absolute atomic E-state index is 4.65. The van der Waals surface area contributed by atoms with E-state index in [0.29, 0.717) is 0 Å². The first-order chi connectivity index (χ1) is 11.4. The quantitative estimate of drug-likeness (QED) is 0.795. The van der Waals surface area contributed by atoms with Crippen molar-refractivity contribution in [3.05, 3.63) is 60.3 Å². The Balaban J connectivity index is 1.53. The summed E-state index contributed by atoms with van der Waals surface area (Å²) >= 11 is 0. The molecule has 2 aromatic carbocycles. The highest BCUT2D eigenvalue weighted by Crippen LogP contribution is 2.20. The molecule has 116 valence electrons. The van der Waals surface area contributed by atoms with E-state index in [-0.39, 0.29) is 0 Å². The summed E-state index contributed by atoms with van der Waals surface area (Å²) < 4.78 is 0. The first-order valence-electron chi connectivity index (χ1n) is 8.19. The van der Waals surface area contributed by atoms with E-state index in [1.807, 2.05) is 12.3 Å². The first-order valence-corrected chi connectivity index (χ1v) is 8.19. The molecule has 4 rings (SSSR count). The van der Waals surface area contributed by atoms with Gasteiger partial charge < -0.3 is 10.2 Å². The zero-order valence-electron chi connectivity index (χ0n) is 13.1. The van der Waals surface area contributed by atoms with Crippen LogP contribution in [0.25, 0.3) is 10.8 Å². The van der Waals surface area contributed by atoms with E-state index in [1.165, 1.54) is 29.2 Å². The predicted molar refractivity (Wildman–Crippen MR) is 94.8 cm³/mol. The van der Waals surface area contributed by atoms with Gasteiger partial charge in [0.1, 0.15) is 5.82 Å². The van der Waals surface area contributed by atoms with Gasteiger partial charge in [-0.1, -0.05) is 42.5 Å². The van der Waals surface area contributed by atoms with Gasteiger partial charge in [0.25, 0.3) is 0 Å². The minimum atomic E-state index is 0.762. The summed E-state index contributed by atoms with van der Waals surface area (Å²) in [7, 11) is 0. The number of anilines is 2. The van der Waals surface area contributed by atoms with E-state index in [9.17, 15) is 0 Å². The molecule has 1 aliphatic heterocycles. The van der Waals surface area contributed by atoms with Crippen molar-refractivity contribution in [3.63, 3.8) is 0 Å². The number of hydrogen-bond acceptors (Lipinski definition) is 4. The molecule has 0 radical (unpaired) electrons. The second kappa shape index (κ2) is 6.24. The van der Waals surface area contributed by atoms with Crippen LogP contribution in [0.15, 0.2) is 54.7 Å². The summed E-state index contributed by atoms with van der Waals surface area (Å²) in [4.78, 5) is 11.3. The molecule has 23 heavy (non-hydrogen) atoms. The van der Waals surface area contributed by atoms with Crippen LogP contribution in [0, 0.1) is 0 Å². The van der Waals surface area contributed by atoms with Crippen LogP contribution in [0.5, 0.6) is 0 Å². The average Bonchev–Trinajstić information content (AvgIpc) is 3.15. The van der Waals surface area contributed by atoms with Crippen LogP contribution in [0.2, 0.25) is 0 Å². The molecule has 1 aliphatic rings. The largest absolute Gasteiger partial charge is 0.366 e. The number of rotatable bonds is 4. The monoisotopic (exact) mass is 304 g/mol. The van der Waals surface area contributed by atoms with Crippen LogP contribution in [0.1, 0.15) is 18.4 Å². The van der Waals surface area contributed by atoms with Gasteiger partial charge in [0.05, 0.1) is 0 Å². The molecule has 0 amide bonds. The number of aromatic nitrogens is 2. The van der Waals surface area contributed by atoms with E-state index in [4.69, 9.17) is 0 Å². The van der Waals surface area contributed by atoms with Gasteiger partial charge in [-0.3, -0.25) is 0 Å². The van der Waals surface area contributed by atoms with Crippen molar-refractivity contribution in [1.29, 1.82) is 0 Å². The Bertz CT molecular complexity index is 804. The van der Waals surface area contributed by atoms with Crippen molar-refractivity contribution in [2.24, 2.45) is 0 Å². The third-order valence-corrected chi connectivity index (χ3v) is 4.37. The highest BCUT2D eigenvalue weighted by Gasteiger charge is 2.14. The Labute approximate surface area is 136 Å². The lowest BCUT2D eigenvalue weighted by molar-refractivity contribution is 0.896. The van der Waals surface area contributed by atoms with Crippen LogP contribution >= 0.6 is 0 Å². The van der Waals surface area contributed by atoms with Crippen molar-refractivity contribution in [3.8, 4) is 0 Å². The zero-order chi connectivity index (χ0) is 15.5. The van der Waals surface area contributed by atoms with E-state index in [1.54, 1.807) is 0 Å². The minimum absolute atomic E-state index is 0.762. The van der Waals surface area contributed by atoms with Crippen LogP contribution in [-0.2, 0) is 6.54 Å². The van der Waals surface area contributed by atoms with E-state index in [2.05, 4.69) is 62.6 Å². The highest BCUT2D eigenvalue weighted by atomic mass is 15.3. The molecule has 1 fully saturated rings. The van der Waals surface area contributed by atoms with E-state index < -0.39 is 0 Å². The molecule has 2 heterocycles. The van der Waals surface area contributed by atoms with Crippen LogP contribution < -0.4 is 10.2 Å². The molecule has 0 unspecified atom stereocenters. The summed E-state index contributed by atoms with van der Waals surface area (Å²) in [6.45, 7) is 2.89. The van der Waals surface area contributed by atoms with Gasteiger partial charge >= 0.3 is 0 Å². The Kier molecular flexibility index (Phi) is 3.80. The van der Waals surface area contributed by atoms with Gasteiger partial charge in [-0.15, -0.1) is 0 Å². The molecule has 4 nitrogen and oxygen atoms in total. The van der Waals surface area contributed by atoms with Gasteiger partial charge in [0, 0.05) is 25.8 Å². The lowest BCUT2D eigenvalue weighted by Gasteiger charge is -2.16. The Morgan fingerprint density at radius 3 is 2.70 bits per heavy atom. The van der Waals surface area contributed by atoms with Crippen molar-refractivity contribution in [2.45, 2.75) is 19.4 Å². The fourth-order valence-electron chi connectivity index (χ4n) is 3.15. The van der Waals surface area contributed by atoms with Crippen molar-refractivity contribution < 1.29 is 0 Å². The molecule has 1 N–H and O–H groups in total. The zero-order valence-corrected chi connectivity index (χ0v) is 13.1. The van der Waals surface area contributed by atoms with Crippen LogP contribution in [-0.4, -0.2) is 23.1 Å². The SMILES string of the molecule is c1ccc2c(CNc3ccnc(N4CCCC4)n3)cccc2c1. The summed E-state index contributed by atoms with van der Waals surface area (Å²) in [6, 6.07) is 16.8. The summed E-state index contributed by atoms with van der Waals surface area (Å²) in [5.74, 6) is 1.72. The van der Waals surface area contributed by atoms with Gasteiger partial charge in [-0.05, 0) is 35.2 Å². The third-order valence-electron chi connectivity index (χ3n) is 4.37. The third kappa shape index (κ3) is 2.97. The van der Waals surface area contributed by atoms with Gasteiger partial charge in [-0.2, -0.15) is 4.98 Å². The van der Waals surface area contributed by atoms with Crippen LogP contribution in [0.3, 0.4) is 0 Å². The molecule has 1 saturated heterocycles. The van der Waals surface area contributed by atoms with E-state index in [0.717, 1.165) is 31.4 Å². The highest BCUT2D eigenvalue weighted by molar-refractivity contribution is 5.85. The van der Waals surface area contributed by atoms with Crippen LogP contribution in [0.4, 0.5) is 11.8 Å². The van der Waals surface area contributed by atoms with Crippen molar-refractivity contribution in [1.82, 2.24) is 9.97 Å². The molecule has 0 atom stereocenters. The summed E-state index contributed by atoms with van der Waals surface area (Å²) in [5, 5.41) is 6.00. The number of fused-ring (bicyclic) bond motifs is 1. The molecular formula is C19H20N4. The normalized spacial score (nSPS) is 14.3. The first kappa shape index (κ1) is 14.0. The smallest absolute Gasteiger partial charge is 0.227 e. The number of nitrogens with zero attached hydrogens (tertiary/aromatic N) is 3. The molecular weight excluding hydrogens is 284 g/mol.